The maximum absolute atomic E-state index is 13.2. The zero-order chi connectivity index (χ0) is 23.0. The Morgan fingerprint density at radius 3 is 2.13 bits per heavy atom. The molecule has 0 saturated carbocycles. The van der Waals surface area contributed by atoms with Crippen LogP contribution in [0, 0.1) is 0 Å². The van der Waals surface area contributed by atoms with Crippen LogP contribution in [0.25, 0.3) is 0 Å². The van der Waals surface area contributed by atoms with Gasteiger partial charge in [0.15, 0.2) is 0 Å². The molecule has 5 nitrogen and oxygen atoms in total. The number of likely N-dealkylation sites (N-methyl/N-ethyl adjacent to an activating group) is 1. The van der Waals surface area contributed by atoms with Gasteiger partial charge in [-0.2, -0.15) is 0 Å². The number of alkyl halides is 3. The summed E-state index contributed by atoms with van der Waals surface area (Å²) in [6.45, 7) is 4.26. The molecule has 1 heterocycles. The molecule has 8 heteroatoms. The Kier molecular flexibility index (Phi) is 6.23. The normalized spacial score (nSPS) is 19.0. The average molecular weight is 435 g/mol. The minimum Gasteiger partial charge on any atom is -0.406 e. The molecule has 0 aliphatic carbocycles. The summed E-state index contributed by atoms with van der Waals surface area (Å²) in [5.41, 5.74) is 2.26. The number of hydrogen-bond acceptors (Lipinski definition) is 4. The van der Waals surface area contributed by atoms with Gasteiger partial charge in [0, 0.05) is 26.3 Å². The number of amides is 1. The number of halogens is 3. The van der Waals surface area contributed by atoms with Gasteiger partial charge in [0.25, 0.3) is 0 Å². The lowest BCUT2D eigenvalue weighted by molar-refractivity contribution is -0.274. The third-order valence-electron chi connectivity index (χ3n) is 5.83. The Labute approximate surface area is 181 Å². The van der Waals surface area contributed by atoms with Crippen molar-refractivity contribution in [3.63, 3.8) is 0 Å². The van der Waals surface area contributed by atoms with Crippen molar-refractivity contribution in [2.45, 2.75) is 38.3 Å². The molecule has 2 aromatic rings. The van der Waals surface area contributed by atoms with E-state index in [9.17, 15) is 18.0 Å². The van der Waals surface area contributed by atoms with E-state index in [-0.39, 0.29) is 17.8 Å². The molecule has 1 aliphatic rings. The van der Waals surface area contributed by atoms with E-state index in [1.54, 1.807) is 12.1 Å². The predicted octanol–water partition coefficient (Wildman–Crippen LogP) is 4.45. The quantitative estimate of drug-likeness (QED) is 0.672. The summed E-state index contributed by atoms with van der Waals surface area (Å²) < 4.78 is 41.0. The van der Waals surface area contributed by atoms with E-state index >= 15 is 0 Å². The average Bonchev–Trinajstić information content (AvgIpc) is 2.86. The number of rotatable bonds is 6. The summed E-state index contributed by atoms with van der Waals surface area (Å²) in [5.74, 6) is -0.234. The number of nitrogens with zero attached hydrogens (tertiary/aromatic N) is 3. The Hall–Kier alpha value is -2.74. The number of carbonyl (C=O) groups is 1. The van der Waals surface area contributed by atoms with Crippen LogP contribution in [0.3, 0.4) is 0 Å². The fourth-order valence-electron chi connectivity index (χ4n) is 3.81. The van der Waals surface area contributed by atoms with Crippen LogP contribution in [0.5, 0.6) is 5.75 Å². The second-order valence-corrected chi connectivity index (χ2v) is 8.47. The van der Waals surface area contributed by atoms with Gasteiger partial charge >= 0.3 is 6.36 Å². The fraction of sp³-hybridized carbons (Fsp3) is 0.435. The summed E-state index contributed by atoms with van der Waals surface area (Å²) in [5, 5.41) is 0. The van der Waals surface area contributed by atoms with E-state index in [0.717, 1.165) is 16.8 Å². The van der Waals surface area contributed by atoms with Crippen molar-refractivity contribution in [1.82, 2.24) is 9.80 Å². The summed E-state index contributed by atoms with van der Waals surface area (Å²) in [7, 11) is 5.88. The van der Waals surface area contributed by atoms with Gasteiger partial charge < -0.3 is 14.5 Å². The van der Waals surface area contributed by atoms with Gasteiger partial charge in [-0.15, -0.1) is 13.2 Å². The second kappa shape index (κ2) is 8.42. The molecule has 31 heavy (non-hydrogen) atoms. The number of carbonyl (C=O) groups excluding carboxylic acids is 1. The maximum Gasteiger partial charge on any atom is 0.573 e. The van der Waals surface area contributed by atoms with Crippen LogP contribution in [0.2, 0.25) is 0 Å². The highest BCUT2D eigenvalue weighted by molar-refractivity contribution is 5.88. The van der Waals surface area contributed by atoms with Crippen LogP contribution >= 0.6 is 0 Å². The molecule has 1 aliphatic heterocycles. The van der Waals surface area contributed by atoms with Gasteiger partial charge in [-0.05, 0) is 62.7 Å². The predicted molar refractivity (Wildman–Crippen MR) is 114 cm³/mol. The summed E-state index contributed by atoms with van der Waals surface area (Å²) in [6.07, 6.45) is -4.41. The molecule has 1 fully saturated rings. The van der Waals surface area contributed by atoms with Gasteiger partial charge in [0.1, 0.15) is 11.9 Å². The van der Waals surface area contributed by atoms with Gasteiger partial charge in [-0.3, -0.25) is 9.69 Å². The first kappa shape index (κ1) is 22.9. The van der Waals surface area contributed by atoms with Crippen LogP contribution in [0.1, 0.15) is 31.1 Å². The molecule has 1 unspecified atom stereocenters. The van der Waals surface area contributed by atoms with Crippen LogP contribution in [0.4, 0.5) is 18.9 Å². The van der Waals surface area contributed by atoms with Crippen molar-refractivity contribution in [3.05, 3.63) is 59.7 Å². The van der Waals surface area contributed by atoms with Crippen molar-refractivity contribution in [2.75, 3.05) is 32.6 Å². The highest BCUT2D eigenvalue weighted by atomic mass is 19.4. The molecule has 1 amide bonds. The van der Waals surface area contributed by atoms with E-state index < -0.39 is 11.9 Å². The molecular formula is C23H28F3N3O2. The number of anilines is 1. The Morgan fingerprint density at radius 2 is 1.61 bits per heavy atom. The van der Waals surface area contributed by atoms with E-state index in [4.69, 9.17) is 0 Å². The Morgan fingerprint density at radius 1 is 1.03 bits per heavy atom. The molecule has 3 rings (SSSR count). The highest BCUT2D eigenvalue weighted by Crippen LogP contribution is 2.39. The molecule has 0 aromatic heterocycles. The smallest absolute Gasteiger partial charge is 0.406 e. The van der Waals surface area contributed by atoms with Crippen molar-refractivity contribution < 1.29 is 22.7 Å². The second-order valence-electron chi connectivity index (χ2n) is 8.47. The molecule has 2 aromatic carbocycles. The largest absolute Gasteiger partial charge is 0.573 e. The minimum atomic E-state index is -4.71. The van der Waals surface area contributed by atoms with Crippen LogP contribution in [-0.4, -0.2) is 55.3 Å². The first-order chi connectivity index (χ1) is 14.4. The lowest BCUT2D eigenvalue weighted by atomic mass is 10.0. The van der Waals surface area contributed by atoms with Gasteiger partial charge in [-0.25, -0.2) is 0 Å². The molecule has 0 spiro atoms. The zero-order valence-electron chi connectivity index (χ0n) is 18.4. The van der Waals surface area contributed by atoms with Crippen molar-refractivity contribution in [3.8, 4) is 5.75 Å². The third kappa shape index (κ3) is 4.95. The first-order valence-electron chi connectivity index (χ1n) is 10.1. The van der Waals surface area contributed by atoms with E-state index in [1.165, 1.54) is 12.1 Å². The minimum absolute atomic E-state index is 0.0220. The number of benzene rings is 2. The SMILES string of the molecule is CN(C)c1ccc(C2N(CCc3ccc(OC(F)(F)F)cc3)C(=O)C(C)(C)N2C)cc1. The zero-order valence-corrected chi connectivity index (χ0v) is 18.4. The fourth-order valence-corrected chi connectivity index (χ4v) is 3.81. The van der Waals surface area contributed by atoms with E-state index in [0.29, 0.717) is 13.0 Å². The van der Waals surface area contributed by atoms with E-state index in [1.807, 2.05) is 69.1 Å². The first-order valence-corrected chi connectivity index (χ1v) is 10.1. The Balaban J connectivity index is 1.78. The molecule has 0 bridgehead atoms. The molecule has 1 atom stereocenters. The highest BCUT2D eigenvalue weighted by Gasteiger charge is 2.49. The number of hydrogen-bond donors (Lipinski definition) is 0. The molecule has 1 saturated heterocycles. The topological polar surface area (TPSA) is 36.0 Å². The monoisotopic (exact) mass is 435 g/mol. The third-order valence-corrected chi connectivity index (χ3v) is 5.83. The molecule has 0 radical (unpaired) electrons. The van der Waals surface area contributed by atoms with Gasteiger partial charge in [0.2, 0.25) is 5.91 Å². The molecular weight excluding hydrogens is 407 g/mol. The molecule has 0 N–H and O–H groups in total. The standard InChI is InChI=1S/C23H28F3N3O2/c1-22(2)21(30)29(15-14-16-6-12-19(13-7-16)31-23(24,25)26)20(28(22)5)17-8-10-18(11-9-17)27(3)4/h6-13,20H,14-15H2,1-5H3. The molecule has 168 valence electrons. The van der Waals surface area contributed by atoms with Gasteiger partial charge in [0.05, 0.1) is 5.54 Å². The van der Waals surface area contributed by atoms with Crippen LogP contribution in [-0.2, 0) is 11.2 Å². The van der Waals surface area contributed by atoms with Crippen molar-refractivity contribution in [1.29, 1.82) is 0 Å². The lowest BCUT2D eigenvalue weighted by Crippen LogP contribution is -2.41. The maximum atomic E-state index is 13.2. The van der Waals surface area contributed by atoms with E-state index in [2.05, 4.69) is 9.64 Å². The van der Waals surface area contributed by atoms with Crippen LogP contribution < -0.4 is 9.64 Å². The number of ether oxygens (including phenoxy) is 1. The van der Waals surface area contributed by atoms with Crippen molar-refractivity contribution >= 4 is 11.6 Å². The Bertz CT molecular complexity index is 909. The summed E-state index contributed by atoms with van der Waals surface area (Å²) >= 11 is 0. The van der Waals surface area contributed by atoms with Crippen LogP contribution in [0.15, 0.2) is 48.5 Å². The van der Waals surface area contributed by atoms with Crippen molar-refractivity contribution in [2.24, 2.45) is 0 Å². The summed E-state index contributed by atoms with van der Waals surface area (Å²) in [6, 6.07) is 13.9. The summed E-state index contributed by atoms with van der Waals surface area (Å²) in [4.78, 5) is 19.1. The van der Waals surface area contributed by atoms with Gasteiger partial charge in [-0.1, -0.05) is 24.3 Å². The lowest BCUT2D eigenvalue weighted by Gasteiger charge is -2.31.